The van der Waals surface area contributed by atoms with Crippen LogP contribution in [0.2, 0.25) is 0 Å². The molecule has 0 aromatic rings. The second kappa shape index (κ2) is 5.87. The average Bonchev–Trinajstić information content (AvgIpc) is 2.04. The molecule has 0 saturated heterocycles. The summed E-state index contributed by atoms with van der Waals surface area (Å²) in [6.07, 6.45) is 4.49. The first kappa shape index (κ1) is 12.3. The van der Waals surface area contributed by atoms with Crippen molar-refractivity contribution in [3.63, 3.8) is 0 Å². The van der Waals surface area contributed by atoms with Crippen LogP contribution in [0.4, 0.5) is 0 Å². The lowest BCUT2D eigenvalue weighted by atomic mass is 9.76. The summed E-state index contributed by atoms with van der Waals surface area (Å²) in [6, 6.07) is 0. The van der Waals surface area contributed by atoms with Crippen molar-refractivity contribution in [3.05, 3.63) is 0 Å². The highest BCUT2D eigenvalue weighted by atomic mass is 32.2. The Hall–Kier alpha value is 0.310. The molecule has 0 amide bonds. The first-order chi connectivity index (χ1) is 5.56. The summed E-state index contributed by atoms with van der Waals surface area (Å²) in [4.78, 5) is 0. The number of aliphatic hydroxyl groups excluding tert-OH is 1. The van der Waals surface area contributed by atoms with Gasteiger partial charge in [-0.2, -0.15) is 11.8 Å². The second-order valence-corrected chi connectivity index (χ2v) is 5.05. The van der Waals surface area contributed by atoms with E-state index in [1.54, 1.807) is 0 Å². The van der Waals surface area contributed by atoms with Crippen LogP contribution < -0.4 is 0 Å². The Kier molecular flexibility index (Phi) is 6.02. The number of hydrogen-bond acceptors (Lipinski definition) is 2. The molecule has 0 saturated carbocycles. The molecule has 0 aliphatic carbocycles. The molecular formula is C10H22OS. The van der Waals surface area contributed by atoms with Crippen LogP contribution in [0.3, 0.4) is 0 Å². The fraction of sp³-hybridized carbons (Fsp3) is 1.00. The van der Waals surface area contributed by atoms with Gasteiger partial charge in [-0.25, -0.2) is 0 Å². The molecule has 0 rings (SSSR count). The third-order valence-corrected chi connectivity index (χ3v) is 3.55. The molecule has 2 heteroatoms. The molecule has 0 bridgehead atoms. The summed E-state index contributed by atoms with van der Waals surface area (Å²) in [7, 11) is 0. The van der Waals surface area contributed by atoms with Gasteiger partial charge in [0.05, 0.1) is 0 Å². The van der Waals surface area contributed by atoms with Crippen molar-refractivity contribution < 1.29 is 5.11 Å². The van der Waals surface area contributed by atoms with Crippen LogP contribution in [0, 0.1) is 11.3 Å². The second-order valence-electron chi connectivity index (χ2n) is 4.06. The maximum atomic E-state index is 9.25. The highest BCUT2D eigenvalue weighted by Gasteiger charge is 2.26. The minimum Gasteiger partial charge on any atom is -0.396 e. The highest BCUT2D eigenvalue weighted by molar-refractivity contribution is 7.98. The lowest BCUT2D eigenvalue weighted by Gasteiger charge is -2.31. The predicted molar refractivity (Wildman–Crippen MR) is 57.6 cm³/mol. The van der Waals surface area contributed by atoms with Crippen LogP contribution in [0.25, 0.3) is 0 Å². The topological polar surface area (TPSA) is 20.2 Å². The maximum Gasteiger partial charge on any atom is 0.0487 e. The Morgan fingerprint density at radius 3 is 2.33 bits per heavy atom. The molecule has 74 valence electrons. The van der Waals surface area contributed by atoms with E-state index >= 15 is 0 Å². The third-order valence-electron chi connectivity index (χ3n) is 2.85. The van der Waals surface area contributed by atoms with E-state index < -0.39 is 0 Å². The van der Waals surface area contributed by atoms with Crippen molar-refractivity contribution in [2.45, 2.75) is 33.6 Å². The molecule has 0 fully saturated rings. The van der Waals surface area contributed by atoms with E-state index in [4.69, 9.17) is 0 Å². The van der Waals surface area contributed by atoms with Crippen LogP contribution in [-0.4, -0.2) is 23.7 Å². The SMILES string of the molecule is CSCCCC(C)(CO)C(C)C. The minimum atomic E-state index is 0.135. The Morgan fingerprint density at radius 2 is 2.00 bits per heavy atom. The molecule has 0 aromatic carbocycles. The van der Waals surface area contributed by atoms with Gasteiger partial charge in [0, 0.05) is 6.61 Å². The van der Waals surface area contributed by atoms with E-state index in [0.29, 0.717) is 12.5 Å². The van der Waals surface area contributed by atoms with Crippen LogP contribution in [0.15, 0.2) is 0 Å². The highest BCUT2D eigenvalue weighted by Crippen LogP contribution is 2.31. The van der Waals surface area contributed by atoms with Crippen molar-refractivity contribution in [2.75, 3.05) is 18.6 Å². The zero-order valence-corrected chi connectivity index (χ0v) is 9.58. The monoisotopic (exact) mass is 190 g/mol. The van der Waals surface area contributed by atoms with Crippen molar-refractivity contribution in [1.29, 1.82) is 0 Å². The van der Waals surface area contributed by atoms with Crippen LogP contribution in [0.1, 0.15) is 33.6 Å². The smallest absolute Gasteiger partial charge is 0.0487 e. The van der Waals surface area contributed by atoms with Crippen molar-refractivity contribution >= 4 is 11.8 Å². The zero-order valence-electron chi connectivity index (χ0n) is 8.76. The largest absolute Gasteiger partial charge is 0.396 e. The Balaban J connectivity index is 3.80. The number of aliphatic hydroxyl groups is 1. The van der Waals surface area contributed by atoms with Crippen LogP contribution in [0.5, 0.6) is 0 Å². The van der Waals surface area contributed by atoms with Gasteiger partial charge >= 0.3 is 0 Å². The molecule has 0 heterocycles. The Bertz CT molecular complexity index is 114. The molecule has 12 heavy (non-hydrogen) atoms. The van der Waals surface area contributed by atoms with Crippen LogP contribution in [-0.2, 0) is 0 Å². The van der Waals surface area contributed by atoms with Crippen molar-refractivity contribution in [2.24, 2.45) is 11.3 Å². The molecule has 0 radical (unpaired) electrons. The van der Waals surface area contributed by atoms with E-state index in [0.717, 1.165) is 6.42 Å². The van der Waals surface area contributed by atoms with Gasteiger partial charge in [-0.1, -0.05) is 20.8 Å². The summed E-state index contributed by atoms with van der Waals surface area (Å²) in [5.74, 6) is 1.78. The molecule has 0 aromatic heterocycles. The van der Waals surface area contributed by atoms with Gasteiger partial charge in [0.1, 0.15) is 0 Å². The molecule has 0 aliphatic rings. The van der Waals surface area contributed by atoms with E-state index in [9.17, 15) is 5.11 Å². The van der Waals surface area contributed by atoms with E-state index in [2.05, 4.69) is 27.0 Å². The number of hydrogen-bond donors (Lipinski definition) is 1. The van der Waals surface area contributed by atoms with Gasteiger partial charge in [0.25, 0.3) is 0 Å². The van der Waals surface area contributed by atoms with Crippen LogP contribution >= 0.6 is 11.8 Å². The fourth-order valence-electron chi connectivity index (χ4n) is 1.17. The summed E-state index contributed by atoms with van der Waals surface area (Å²) in [6.45, 7) is 6.88. The molecular weight excluding hydrogens is 168 g/mol. The van der Waals surface area contributed by atoms with Crippen molar-refractivity contribution in [3.8, 4) is 0 Å². The first-order valence-electron chi connectivity index (χ1n) is 4.66. The molecule has 0 aliphatic heterocycles. The van der Waals surface area contributed by atoms with E-state index in [1.165, 1.54) is 12.2 Å². The maximum absolute atomic E-state index is 9.25. The van der Waals surface area contributed by atoms with E-state index in [-0.39, 0.29) is 5.41 Å². The van der Waals surface area contributed by atoms with Gasteiger partial charge in [0.15, 0.2) is 0 Å². The summed E-state index contributed by atoms with van der Waals surface area (Å²) in [5, 5.41) is 9.25. The zero-order chi connectivity index (χ0) is 9.61. The molecule has 0 spiro atoms. The number of rotatable bonds is 6. The fourth-order valence-corrected chi connectivity index (χ4v) is 1.60. The van der Waals surface area contributed by atoms with Gasteiger partial charge < -0.3 is 5.11 Å². The first-order valence-corrected chi connectivity index (χ1v) is 6.06. The van der Waals surface area contributed by atoms with Crippen molar-refractivity contribution in [1.82, 2.24) is 0 Å². The molecule has 1 unspecified atom stereocenters. The quantitative estimate of drug-likeness (QED) is 0.650. The predicted octanol–water partition coefficient (Wildman–Crippen LogP) is 2.78. The lowest BCUT2D eigenvalue weighted by Crippen LogP contribution is -2.27. The molecule has 1 nitrogen and oxygen atoms in total. The van der Waals surface area contributed by atoms with E-state index in [1.807, 2.05) is 11.8 Å². The van der Waals surface area contributed by atoms with Gasteiger partial charge in [0.2, 0.25) is 0 Å². The van der Waals surface area contributed by atoms with Gasteiger partial charge in [-0.3, -0.25) is 0 Å². The summed E-state index contributed by atoms with van der Waals surface area (Å²) in [5.41, 5.74) is 0.135. The van der Waals surface area contributed by atoms with Gasteiger partial charge in [-0.05, 0) is 36.2 Å². The summed E-state index contributed by atoms with van der Waals surface area (Å²) < 4.78 is 0. The standard InChI is InChI=1S/C10H22OS/c1-9(2)10(3,8-11)6-5-7-12-4/h9,11H,5-8H2,1-4H3. The number of thioether (sulfide) groups is 1. The lowest BCUT2D eigenvalue weighted by molar-refractivity contribution is 0.0850. The van der Waals surface area contributed by atoms with Gasteiger partial charge in [-0.15, -0.1) is 0 Å². The Labute approximate surface area is 80.9 Å². The molecule has 1 N–H and O–H groups in total. The molecule has 1 atom stereocenters. The third kappa shape index (κ3) is 3.81. The normalized spacial score (nSPS) is 16.5. The average molecular weight is 190 g/mol. The summed E-state index contributed by atoms with van der Waals surface area (Å²) >= 11 is 1.88. The minimum absolute atomic E-state index is 0.135. The Morgan fingerprint density at radius 1 is 1.42 bits per heavy atom.